The molecule has 1 amide bonds. The molecule has 0 aliphatic carbocycles. The molecule has 0 radical (unpaired) electrons. The first-order valence-corrected chi connectivity index (χ1v) is 9.58. The third-order valence-corrected chi connectivity index (χ3v) is 5.18. The van der Waals surface area contributed by atoms with Crippen LogP contribution < -0.4 is 5.32 Å². The average Bonchev–Trinajstić information content (AvgIpc) is 2.66. The summed E-state index contributed by atoms with van der Waals surface area (Å²) in [6.07, 6.45) is 0. The van der Waals surface area contributed by atoms with Crippen molar-refractivity contribution < 1.29 is 14.0 Å². The third kappa shape index (κ3) is 5.38. The molecule has 1 aliphatic rings. The first-order valence-electron chi connectivity index (χ1n) is 9.21. The summed E-state index contributed by atoms with van der Waals surface area (Å²) in [5.41, 5.74) is 1.70. The third-order valence-electron chi connectivity index (χ3n) is 4.83. The van der Waals surface area contributed by atoms with Crippen LogP contribution in [-0.2, 0) is 11.3 Å². The highest BCUT2D eigenvalue weighted by atomic mass is 35.5. The molecule has 2 aromatic carbocycles. The van der Waals surface area contributed by atoms with Crippen molar-refractivity contribution in [2.45, 2.75) is 13.5 Å². The average molecular weight is 404 g/mol. The Morgan fingerprint density at radius 3 is 2.43 bits per heavy atom. The molecule has 7 heteroatoms. The Bertz CT molecular complexity index is 846. The van der Waals surface area contributed by atoms with Gasteiger partial charge < -0.3 is 5.32 Å². The predicted octanol–water partition coefficient (Wildman–Crippen LogP) is 3.44. The molecule has 2 aromatic rings. The van der Waals surface area contributed by atoms with Gasteiger partial charge in [-0.2, -0.15) is 0 Å². The summed E-state index contributed by atoms with van der Waals surface area (Å²) in [6, 6.07) is 11.6. The van der Waals surface area contributed by atoms with Gasteiger partial charge in [0.15, 0.2) is 5.78 Å². The van der Waals surface area contributed by atoms with Crippen molar-refractivity contribution in [2.75, 3.05) is 38.0 Å². The van der Waals surface area contributed by atoms with E-state index in [1.54, 1.807) is 36.4 Å². The number of hydrogen-bond acceptors (Lipinski definition) is 4. The van der Waals surface area contributed by atoms with Gasteiger partial charge in [-0.15, -0.1) is 0 Å². The minimum atomic E-state index is -0.290. The largest absolute Gasteiger partial charge is 0.325 e. The summed E-state index contributed by atoms with van der Waals surface area (Å²) in [7, 11) is 0. The second kappa shape index (κ2) is 9.28. The van der Waals surface area contributed by atoms with E-state index in [2.05, 4.69) is 15.1 Å². The molecule has 3 rings (SSSR count). The van der Waals surface area contributed by atoms with Crippen molar-refractivity contribution in [2.24, 2.45) is 0 Å². The summed E-state index contributed by atoms with van der Waals surface area (Å²) in [5, 5.41) is 3.28. The molecule has 0 aromatic heterocycles. The van der Waals surface area contributed by atoms with E-state index in [1.165, 1.54) is 13.0 Å². The molecule has 0 atom stereocenters. The topological polar surface area (TPSA) is 52.7 Å². The number of nitrogens with zero attached hydrogens (tertiary/aromatic N) is 2. The number of halogens is 2. The number of nitrogens with one attached hydrogen (secondary N) is 1. The molecule has 1 fully saturated rings. The highest BCUT2D eigenvalue weighted by Crippen LogP contribution is 2.21. The van der Waals surface area contributed by atoms with Gasteiger partial charge in [0.25, 0.3) is 0 Å². The fourth-order valence-corrected chi connectivity index (χ4v) is 3.45. The van der Waals surface area contributed by atoms with Crippen LogP contribution in [0.2, 0.25) is 5.02 Å². The lowest BCUT2D eigenvalue weighted by Crippen LogP contribution is -2.48. The molecule has 1 heterocycles. The number of piperazine rings is 1. The van der Waals surface area contributed by atoms with Crippen LogP contribution >= 0.6 is 11.6 Å². The lowest BCUT2D eigenvalue weighted by atomic mass is 10.1. The standard InChI is InChI=1S/C21H23ClFN3O2/c1-15(27)16-4-2-5-17(12-16)24-21(28)14-26-10-8-25(9-11-26)13-18-19(22)6-3-7-20(18)23/h2-7,12H,8-11,13-14H2,1H3,(H,24,28). The smallest absolute Gasteiger partial charge is 0.238 e. The summed E-state index contributed by atoms with van der Waals surface area (Å²) in [6.45, 7) is 5.13. The summed E-state index contributed by atoms with van der Waals surface area (Å²) < 4.78 is 13.9. The van der Waals surface area contributed by atoms with Crippen LogP contribution in [0, 0.1) is 5.82 Å². The van der Waals surface area contributed by atoms with E-state index in [0.29, 0.717) is 41.5 Å². The summed E-state index contributed by atoms with van der Waals surface area (Å²) in [4.78, 5) is 27.9. The Kier molecular flexibility index (Phi) is 6.78. The van der Waals surface area contributed by atoms with Crippen LogP contribution in [0.25, 0.3) is 0 Å². The van der Waals surface area contributed by atoms with Gasteiger partial charge in [-0.25, -0.2) is 4.39 Å². The van der Waals surface area contributed by atoms with E-state index in [0.717, 1.165) is 13.1 Å². The Labute approximate surface area is 169 Å². The maximum atomic E-state index is 13.9. The summed E-state index contributed by atoms with van der Waals surface area (Å²) >= 11 is 6.10. The Balaban J connectivity index is 1.48. The van der Waals surface area contributed by atoms with Crippen molar-refractivity contribution >= 4 is 29.0 Å². The quantitative estimate of drug-likeness (QED) is 0.751. The minimum Gasteiger partial charge on any atom is -0.325 e. The molecule has 0 spiro atoms. The van der Waals surface area contributed by atoms with Crippen molar-refractivity contribution in [3.05, 3.63) is 64.4 Å². The molecule has 0 saturated carbocycles. The number of amides is 1. The zero-order valence-electron chi connectivity index (χ0n) is 15.8. The second-order valence-electron chi connectivity index (χ2n) is 6.94. The molecule has 0 unspecified atom stereocenters. The molecule has 1 saturated heterocycles. The molecule has 28 heavy (non-hydrogen) atoms. The van der Waals surface area contributed by atoms with Crippen molar-refractivity contribution in [1.82, 2.24) is 9.80 Å². The number of hydrogen-bond donors (Lipinski definition) is 1. The van der Waals surface area contributed by atoms with Gasteiger partial charge in [-0.1, -0.05) is 29.8 Å². The van der Waals surface area contributed by atoms with Crippen LogP contribution in [0.5, 0.6) is 0 Å². The van der Waals surface area contributed by atoms with E-state index in [1.807, 2.05) is 0 Å². The van der Waals surface area contributed by atoms with Gasteiger partial charge in [0.2, 0.25) is 5.91 Å². The number of carbonyl (C=O) groups is 2. The maximum Gasteiger partial charge on any atom is 0.238 e. The van der Waals surface area contributed by atoms with Gasteiger partial charge in [-0.3, -0.25) is 19.4 Å². The highest BCUT2D eigenvalue weighted by Gasteiger charge is 2.21. The second-order valence-corrected chi connectivity index (χ2v) is 7.34. The number of ketones is 1. The van der Waals surface area contributed by atoms with Crippen molar-refractivity contribution in [3.63, 3.8) is 0 Å². The van der Waals surface area contributed by atoms with E-state index >= 15 is 0 Å². The molecule has 5 nitrogen and oxygen atoms in total. The minimum absolute atomic E-state index is 0.0397. The zero-order chi connectivity index (χ0) is 20.1. The highest BCUT2D eigenvalue weighted by molar-refractivity contribution is 6.31. The van der Waals surface area contributed by atoms with Gasteiger partial charge in [-0.05, 0) is 31.2 Å². The molecule has 1 aliphatic heterocycles. The van der Waals surface area contributed by atoms with Crippen LogP contribution in [0.3, 0.4) is 0 Å². The van der Waals surface area contributed by atoms with Gasteiger partial charge in [0.05, 0.1) is 6.54 Å². The Morgan fingerprint density at radius 1 is 1.07 bits per heavy atom. The van der Waals surface area contributed by atoms with Gasteiger partial charge >= 0.3 is 0 Å². The molecule has 1 N–H and O–H groups in total. The monoisotopic (exact) mass is 403 g/mol. The van der Waals surface area contributed by atoms with Crippen LogP contribution in [0.15, 0.2) is 42.5 Å². The number of rotatable bonds is 6. The van der Waals surface area contributed by atoms with E-state index in [-0.39, 0.29) is 24.1 Å². The zero-order valence-corrected chi connectivity index (χ0v) is 16.5. The van der Waals surface area contributed by atoms with Crippen LogP contribution in [0.1, 0.15) is 22.8 Å². The molecule has 0 bridgehead atoms. The van der Waals surface area contributed by atoms with Crippen molar-refractivity contribution in [1.29, 1.82) is 0 Å². The number of Topliss-reactive ketones (excluding diaryl/α,β-unsaturated/α-hetero) is 1. The Hall–Kier alpha value is -2.28. The van der Waals surface area contributed by atoms with E-state index in [4.69, 9.17) is 11.6 Å². The first kappa shape index (κ1) is 20.5. The number of carbonyl (C=O) groups excluding carboxylic acids is 2. The number of benzene rings is 2. The molecular formula is C21H23ClFN3O2. The lowest BCUT2D eigenvalue weighted by Gasteiger charge is -2.34. The van der Waals surface area contributed by atoms with E-state index < -0.39 is 0 Å². The fraction of sp³-hybridized carbons (Fsp3) is 0.333. The predicted molar refractivity (Wildman–Crippen MR) is 108 cm³/mol. The summed E-state index contributed by atoms with van der Waals surface area (Å²) in [5.74, 6) is -0.449. The van der Waals surface area contributed by atoms with Crippen molar-refractivity contribution in [3.8, 4) is 0 Å². The Morgan fingerprint density at radius 2 is 1.75 bits per heavy atom. The molecule has 148 valence electrons. The van der Waals surface area contributed by atoms with Crippen LogP contribution in [-0.4, -0.2) is 54.2 Å². The van der Waals surface area contributed by atoms with Crippen LogP contribution in [0.4, 0.5) is 10.1 Å². The fourth-order valence-electron chi connectivity index (χ4n) is 3.23. The van der Waals surface area contributed by atoms with Gasteiger partial charge in [0, 0.05) is 54.6 Å². The lowest BCUT2D eigenvalue weighted by molar-refractivity contribution is -0.117. The van der Waals surface area contributed by atoms with E-state index in [9.17, 15) is 14.0 Å². The normalized spacial score (nSPS) is 15.4. The first-order chi connectivity index (χ1) is 13.4. The van der Waals surface area contributed by atoms with Gasteiger partial charge in [0.1, 0.15) is 5.82 Å². The SMILES string of the molecule is CC(=O)c1cccc(NC(=O)CN2CCN(Cc3c(F)cccc3Cl)CC2)c1. The molecular weight excluding hydrogens is 381 g/mol. The maximum absolute atomic E-state index is 13.9. The number of anilines is 1.